The van der Waals surface area contributed by atoms with Crippen LogP contribution in [0.15, 0.2) is 71.8 Å². The summed E-state index contributed by atoms with van der Waals surface area (Å²) in [6, 6.07) is 20.0. The molecular formula is C18H14N2O2. The van der Waals surface area contributed by atoms with Crippen LogP contribution < -0.4 is 5.43 Å². The number of nitrogens with one attached hydrogen (secondary N) is 1. The van der Waals surface area contributed by atoms with Crippen molar-refractivity contribution in [2.45, 2.75) is 0 Å². The lowest BCUT2D eigenvalue weighted by Gasteiger charge is -2.01. The Hall–Kier alpha value is -3.14. The maximum absolute atomic E-state index is 11.9. The van der Waals surface area contributed by atoms with Gasteiger partial charge in [-0.05, 0) is 46.7 Å². The molecule has 3 rings (SSSR count). The third kappa shape index (κ3) is 3.12. The molecule has 3 aromatic carbocycles. The molecule has 0 fully saturated rings. The number of carbonyl (C=O) groups is 1. The molecule has 0 atom stereocenters. The monoisotopic (exact) mass is 290 g/mol. The lowest BCUT2D eigenvalue weighted by atomic mass is 10.1. The molecule has 0 saturated carbocycles. The summed E-state index contributed by atoms with van der Waals surface area (Å²) in [5, 5.41) is 15.4. The van der Waals surface area contributed by atoms with Crippen LogP contribution in [0.5, 0.6) is 5.75 Å². The molecule has 0 saturated heterocycles. The number of rotatable bonds is 3. The third-order valence-corrected chi connectivity index (χ3v) is 3.28. The molecule has 0 aromatic heterocycles. The smallest absolute Gasteiger partial charge is 0.271 e. The van der Waals surface area contributed by atoms with Crippen molar-refractivity contribution in [1.29, 1.82) is 0 Å². The van der Waals surface area contributed by atoms with E-state index in [4.69, 9.17) is 0 Å². The standard InChI is InChI=1S/C18H14N2O2/c21-17-9-7-15(8-10-17)18(22)20-19-12-13-5-6-14-3-1-2-4-16(14)11-13/h1-12,21H,(H,20,22). The maximum atomic E-state index is 11.9. The van der Waals surface area contributed by atoms with Gasteiger partial charge in [0.2, 0.25) is 0 Å². The fourth-order valence-electron chi connectivity index (χ4n) is 2.13. The number of hydrogen-bond acceptors (Lipinski definition) is 3. The molecule has 108 valence electrons. The quantitative estimate of drug-likeness (QED) is 0.574. The Morgan fingerprint density at radius 1 is 0.955 bits per heavy atom. The van der Waals surface area contributed by atoms with E-state index in [1.54, 1.807) is 6.21 Å². The SMILES string of the molecule is O=C(NN=Cc1ccc2ccccc2c1)c1ccc(O)cc1. The zero-order valence-corrected chi connectivity index (χ0v) is 11.7. The minimum absolute atomic E-state index is 0.121. The molecule has 0 bridgehead atoms. The van der Waals surface area contributed by atoms with Gasteiger partial charge >= 0.3 is 0 Å². The Morgan fingerprint density at radius 2 is 1.68 bits per heavy atom. The summed E-state index contributed by atoms with van der Waals surface area (Å²) in [6.45, 7) is 0. The summed E-state index contributed by atoms with van der Waals surface area (Å²) in [7, 11) is 0. The number of aromatic hydroxyl groups is 1. The Kier molecular flexibility index (Phi) is 3.83. The molecule has 22 heavy (non-hydrogen) atoms. The zero-order valence-electron chi connectivity index (χ0n) is 11.7. The molecule has 0 heterocycles. The van der Waals surface area contributed by atoms with Crippen molar-refractivity contribution in [2.75, 3.05) is 0 Å². The Bertz CT molecular complexity index is 839. The maximum Gasteiger partial charge on any atom is 0.271 e. The Balaban J connectivity index is 1.70. The van der Waals surface area contributed by atoms with Crippen molar-refractivity contribution in [3.8, 4) is 5.75 Å². The molecule has 0 radical (unpaired) electrons. The molecule has 4 nitrogen and oxygen atoms in total. The highest BCUT2D eigenvalue weighted by molar-refractivity contribution is 5.95. The molecule has 0 aliphatic rings. The first-order valence-electron chi connectivity index (χ1n) is 6.83. The van der Waals surface area contributed by atoms with E-state index in [0.29, 0.717) is 5.56 Å². The van der Waals surface area contributed by atoms with Gasteiger partial charge in [-0.3, -0.25) is 4.79 Å². The van der Waals surface area contributed by atoms with Crippen molar-refractivity contribution >= 4 is 22.9 Å². The van der Waals surface area contributed by atoms with E-state index in [9.17, 15) is 9.90 Å². The van der Waals surface area contributed by atoms with E-state index in [2.05, 4.69) is 10.5 Å². The molecule has 0 aliphatic carbocycles. The molecule has 1 amide bonds. The minimum atomic E-state index is -0.322. The number of fused-ring (bicyclic) bond motifs is 1. The van der Waals surface area contributed by atoms with E-state index >= 15 is 0 Å². The molecule has 4 heteroatoms. The van der Waals surface area contributed by atoms with Crippen LogP contribution >= 0.6 is 0 Å². The van der Waals surface area contributed by atoms with E-state index in [1.165, 1.54) is 24.3 Å². The summed E-state index contributed by atoms with van der Waals surface area (Å²) >= 11 is 0. The summed E-state index contributed by atoms with van der Waals surface area (Å²) < 4.78 is 0. The van der Waals surface area contributed by atoms with Crippen LogP contribution in [-0.4, -0.2) is 17.2 Å². The van der Waals surface area contributed by atoms with Gasteiger partial charge in [-0.15, -0.1) is 0 Å². The normalized spacial score (nSPS) is 10.9. The van der Waals surface area contributed by atoms with Gasteiger partial charge in [0, 0.05) is 5.56 Å². The van der Waals surface area contributed by atoms with Crippen molar-refractivity contribution in [3.05, 3.63) is 77.9 Å². The van der Waals surface area contributed by atoms with Crippen molar-refractivity contribution in [2.24, 2.45) is 5.10 Å². The second-order valence-electron chi connectivity index (χ2n) is 4.85. The van der Waals surface area contributed by atoms with E-state index < -0.39 is 0 Å². The fraction of sp³-hybridized carbons (Fsp3) is 0. The molecule has 3 aromatic rings. The number of amides is 1. The lowest BCUT2D eigenvalue weighted by Crippen LogP contribution is -2.17. The van der Waals surface area contributed by atoms with E-state index in [1.807, 2.05) is 42.5 Å². The topological polar surface area (TPSA) is 61.7 Å². The van der Waals surface area contributed by atoms with Gasteiger partial charge in [-0.1, -0.05) is 36.4 Å². The number of carbonyl (C=O) groups excluding carboxylic acids is 1. The summed E-state index contributed by atoms with van der Waals surface area (Å²) in [5.41, 5.74) is 3.81. The van der Waals surface area contributed by atoms with Crippen LogP contribution in [0.2, 0.25) is 0 Å². The van der Waals surface area contributed by atoms with Crippen molar-refractivity contribution in [3.63, 3.8) is 0 Å². The Labute approximate surface area is 127 Å². The van der Waals surface area contributed by atoms with Crippen LogP contribution in [0, 0.1) is 0 Å². The third-order valence-electron chi connectivity index (χ3n) is 3.28. The highest BCUT2D eigenvalue weighted by atomic mass is 16.3. The van der Waals surface area contributed by atoms with Crippen molar-refractivity contribution in [1.82, 2.24) is 5.43 Å². The first-order valence-corrected chi connectivity index (χ1v) is 6.83. The first-order chi connectivity index (χ1) is 10.7. The molecular weight excluding hydrogens is 276 g/mol. The molecule has 0 spiro atoms. The first kappa shape index (κ1) is 13.8. The number of phenols is 1. The molecule has 2 N–H and O–H groups in total. The van der Waals surface area contributed by atoms with Gasteiger partial charge in [0.25, 0.3) is 5.91 Å². The predicted octanol–water partition coefficient (Wildman–Crippen LogP) is 3.31. The van der Waals surface area contributed by atoms with Gasteiger partial charge in [0.05, 0.1) is 6.21 Å². The van der Waals surface area contributed by atoms with Gasteiger partial charge in [-0.25, -0.2) is 5.43 Å². The molecule has 0 aliphatic heterocycles. The molecule has 0 unspecified atom stereocenters. The Morgan fingerprint density at radius 3 is 2.45 bits per heavy atom. The van der Waals surface area contributed by atoms with Crippen LogP contribution in [-0.2, 0) is 0 Å². The summed E-state index contributed by atoms with van der Waals surface area (Å²) in [5.74, 6) is -0.201. The predicted molar refractivity (Wildman–Crippen MR) is 87.1 cm³/mol. The number of nitrogens with zero attached hydrogens (tertiary/aromatic N) is 1. The van der Waals surface area contributed by atoms with Crippen LogP contribution in [0.4, 0.5) is 0 Å². The minimum Gasteiger partial charge on any atom is -0.508 e. The van der Waals surface area contributed by atoms with Gasteiger partial charge in [0.1, 0.15) is 5.75 Å². The lowest BCUT2D eigenvalue weighted by molar-refractivity contribution is 0.0955. The second kappa shape index (κ2) is 6.10. The van der Waals surface area contributed by atoms with Gasteiger partial charge < -0.3 is 5.11 Å². The van der Waals surface area contributed by atoms with E-state index in [-0.39, 0.29) is 11.7 Å². The fourth-order valence-corrected chi connectivity index (χ4v) is 2.13. The number of hydrazone groups is 1. The number of hydrogen-bond donors (Lipinski definition) is 2. The average molecular weight is 290 g/mol. The number of benzene rings is 3. The van der Waals surface area contributed by atoms with Gasteiger partial charge in [0.15, 0.2) is 0 Å². The summed E-state index contributed by atoms with van der Waals surface area (Å²) in [6.07, 6.45) is 1.60. The largest absolute Gasteiger partial charge is 0.508 e. The van der Waals surface area contributed by atoms with Crippen LogP contribution in [0.25, 0.3) is 10.8 Å². The van der Waals surface area contributed by atoms with Crippen molar-refractivity contribution < 1.29 is 9.90 Å². The average Bonchev–Trinajstić information content (AvgIpc) is 2.55. The van der Waals surface area contributed by atoms with E-state index in [0.717, 1.165) is 16.3 Å². The van der Waals surface area contributed by atoms with Crippen LogP contribution in [0.1, 0.15) is 15.9 Å². The summed E-state index contributed by atoms with van der Waals surface area (Å²) in [4.78, 5) is 11.9. The zero-order chi connectivity index (χ0) is 15.4. The second-order valence-corrected chi connectivity index (χ2v) is 4.85. The highest BCUT2D eigenvalue weighted by Crippen LogP contribution is 2.14. The highest BCUT2D eigenvalue weighted by Gasteiger charge is 2.03. The van der Waals surface area contributed by atoms with Crippen LogP contribution in [0.3, 0.4) is 0 Å². The van der Waals surface area contributed by atoms with Gasteiger partial charge in [-0.2, -0.15) is 5.10 Å². The number of phenolic OH excluding ortho intramolecular Hbond substituents is 1.